The molecule has 0 aromatic heterocycles. The van der Waals surface area contributed by atoms with Crippen molar-refractivity contribution in [2.75, 3.05) is 19.7 Å². The molecule has 8 heteroatoms. The number of aliphatic hydroxyl groups excluding tert-OH is 1. The molecule has 0 atom stereocenters. The van der Waals surface area contributed by atoms with Crippen molar-refractivity contribution in [2.45, 2.75) is 48.5 Å². The molecule has 3 fully saturated rings. The Kier molecular flexibility index (Phi) is 4.24. The Morgan fingerprint density at radius 1 is 1.29 bits per heavy atom. The van der Waals surface area contributed by atoms with E-state index in [0.717, 1.165) is 25.7 Å². The summed E-state index contributed by atoms with van der Waals surface area (Å²) in [6, 6.07) is 0. The number of amides is 1. The zero-order valence-corrected chi connectivity index (χ0v) is 14.6. The summed E-state index contributed by atoms with van der Waals surface area (Å²) in [5.74, 6) is -0.437. The molecule has 3 aliphatic rings. The van der Waals surface area contributed by atoms with Gasteiger partial charge in [-0.3, -0.25) is 9.80 Å². The molecule has 0 unspecified atom stereocenters. The quantitative estimate of drug-likeness (QED) is 0.336. The van der Waals surface area contributed by atoms with Crippen molar-refractivity contribution in [1.82, 2.24) is 10.3 Å². The van der Waals surface area contributed by atoms with Crippen LogP contribution < -0.4 is 5.32 Å². The standard InChI is InChI=1S/C16H25N3O4S/c1-12(19(17-2)10-15(11-20)5-6-15)14(21)18-9-16(7-8-16)24(22,23)13-3-4-13/h13,20H,1-11H2,(H,18,21). The zero-order valence-electron chi connectivity index (χ0n) is 13.8. The number of hydrogen-bond acceptors (Lipinski definition) is 6. The molecule has 0 saturated heterocycles. The molecule has 1 amide bonds. The van der Waals surface area contributed by atoms with Crippen LogP contribution in [0.15, 0.2) is 17.4 Å². The highest BCUT2D eigenvalue weighted by atomic mass is 32.2. The largest absolute Gasteiger partial charge is 0.396 e. The molecule has 0 heterocycles. The van der Waals surface area contributed by atoms with Crippen LogP contribution in [0.5, 0.6) is 0 Å². The van der Waals surface area contributed by atoms with Gasteiger partial charge in [-0.15, -0.1) is 0 Å². The number of hydrazone groups is 1. The Balaban J connectivity index is 1.56. The van der Waals surface area contributed by atoms with Gasteiger partial charge in [-0.1, -0.05) is 6.58 Å². The molecule has 0 aliphatic heterocycles. The number of aliphatic hydroxyl groups is 1. The van der Waals surface area contributed by atoms with Crippen LogP contribution in [0.1, 0.15) is 38.5 Å². The molecular weight excluding hydrogens is 330 g/mol. The van der Waals surface area contributed by atoms with Crippen LogP contribution in [-0.4, -0.2) is 60.9 Å². The normalized spacial score (nSPS) is 23.2. The number of nitrogens with one attached hydrogen (secondary N) is 1. The molecule has 2 N–H and O–H groups in total. The molecule has 7 nitrogen and oxygen atoms in total. The van der Waals surface area contributed by atoms with E-state index in [-0.39, 0.29) is 29.5 Å². The molecule has 3 rings (SSSR count). The second-order valence-corrected chi connectivity index (χ2v) is 10.0. The molecule has 0 spiro atoms. The number of carbonyl (C=O) groups excluding carboxylic acids is 1. The molecular formula is C16H25N3O4S. The third-order valence-corrected chi connectivity index (χ3v) is 8.58. The smallest absolute Gasteiger partial charge is 0.268 e. The van der Waals surface area contributed by atoms with Gasteiger partial charge in [0.1, 0.15) is 5.70 Å². The van der Waals surface area contributed by atoms with Gasteiger partial charge in [-0.05, 0) is 38.5 Å². The van der Waals surface area contributed by atoms with Crippen molar-refractivity contribution in [3.63, 3.8) is 0 Å². The van der Waals surface area contributed by atoms with Crippen LogP contribution in [0.4, 0.5) is 0 Å². The highest BCUT2D eigenvalue weighted by molar-refractivity contribution is 7.94. The van der Waals surface area contributed by atoms with E-state index in [1.165, 1.54) is 5.01 Å². The van der Waals surface area contributed by atoms with Gasteiger partial charge in [0.25, 0.3) is 5.91 Å². The van der Waals surface area contributed by atoms with Crippen molar-refractivity contribution in [3.05, 3.63) is 12.3 Å². The molecule has 0 aromatic rings. The summed E-state index contributed by atoms with van der Waals surface area (Å²) < 4.78 is 24.1. The lowest BCUT2D eigenvalue weighted by Crippen LogP contribution is -2.42. The Hall–Kier alpha value is -1.41. The van der Waals surface area contributed by atoms with E-state index in [9.17, 15) is 18.3 Å². The lowest BCUT2D eigenvalue weighted by molar-refractivity contribution is -0.119. The fourth-order valence-electron chi connectivity index (χ4n) is 2.99. The van der Waals surface area contributed by atoms with Crippen molar-refractivity contribution in [1.29, 1.82) is 0 Å². The average molecular weight is 355 g/mol. The number of hydrogen-bond donors (Lipinski definition) is 2. The Bertz CT molecular complexity index is 661. The lowest BCUT2D eigenvalue weighted by atomic mass is 10.1. The molecule has 24 heavy (non-hydrogen) atoms. The third kappa shape index (κ3) is 3.09. The lowest BCUT2D eigenvalue weighted by Gasteiger charge is -2.25. The molecule has 0 aromatic carbocycles. The van der Waals surface area contributed by atoms with E-state index in [2.05, 4.69) is 23.7 Å². The van der Waals surface area contributed by atoms with Crippen molar-refractivity contribution in [2.24, 2.45) is 10.5 Å². The van der Waals surface area contributed by atoms with Crippen LogP contribution in [0.2, 0.25) is 0 Å². The first-order chi connectivity index (χ1) is 11.3. The van der Waals surface area contributed by atoms with Gasteiger partial charge in [0.15, 0.2) is 9.84 Å². The average Bonchev–Trinajstić information content (AvgIpc) is 3.42. The van der Waals surface area contributed by atoms with Crippen molar-refractivity contribution in [3.8, 4) is 0 Å². The number of carbonyl (C=O) groups is 1. The van der Waals surface area contributed by atoms with Crippen LogP contribution in [0.25, 0.3) is 0 Å². The Morgan fingerprint density at radius 3 is 2.33 bits per heavy atom. The van der Waals surface area contributed by atoms with Crippen LogP contribution in [0, 0.1) is 5.41 Å². The minimum atomic E-state index is -3.15. The fraction of sp³-hybridized carbons (Fsp3) is 0.750. The van der Waals surface area contributed by atoms with Crippen LogP contribution in [-0.2, 0) is 14.6 Å². The van der Waals surface area contributed by atoms with Gasteiger partial charge < -0.3 is 10.4 Å². The van der Waals surface area contributed by atoms with Gasteiger partial charge in [-0.2, -0.15) is 5.10 Å². The molecule has 0 radical (unpaired) electrons. The Morgan fingerprint density at radius 2 is 1.92 bits per heavy atom. The molecule has 134 valence electrons. The summed E-state index contributed by atoms with van der Waals surface area (Å²) in [4.78, 5) is 12.3. The van der Waals surface area contributed by atoms with Gasteiger partial charge >= 0.3 is 0 Å². The summed E-state index contributed by atoms with van der Waals surface area (Å²) in [7, 11) is -3.15. The van der Waals surface area contributed by atoms with Crippen molar-refractivity contribution >= 4 is 22.5 Å². The minimum absolute atomic E-state index is 0.0384. The summed E-state index contributed by atoms with van der Waals surface area (Å²) in [6.07, 6.45) is 4.45. The maximum atomic E-state index is 12.4. The summed E-state index contributed by atoms with van der Waals surface area (Å²) in [6.45, 7) is 7.77. The number of nitrogens with zero attached hydrogens (tertiary/aromatic N) is 2. The summed E-state index contributed by atoms with van der Waals surface area (Å²) in [5.41, 5.74) is -0.0957. The van der Waals surface area contributed by atoms with Gasteiger partial charge in [0, 0.05) is 25.2 Å². The number of sulfone groups is 1. The first-order valence-corrected chi connectivity index (χ1v) is 9.89. The maximum Gasteiger partial charge on any atom is 0.268 e. The Labute approximate surface area is 142 Å². The van der Waals surface area contributed by atoms with Gasteiger partial charge in [-0.25, -0.2) is 8.42 Å². The topological polar surface area (TPSA) is 99.1 Å². The van der Waals surface area contributed by atoms with Gasteiger partial charge in [0.2, 0.25) is 0 Å². The first-order valence-electron chi connectivity index (χ1n) is 8.35. The highest BCUT2D eigenvalue weighted by Crippen LogP contribution is 2.50. The summed E-state index contributed by atoms with van der Waals surface area (Å²) >= 11 is 0. The predicted molar refractivity (Wildman–Crippen MR) is 91.1 cm³/mol. The minimum Gasteiger partial charge on any atom is -0.396 e. The number of rotatable bonds is 10. The van der Waals surface area contributed by atoms with Crippen LogP contribution in [0.3, 0.4) is 0 Å². The van der Waals surface area contributed by atoms with E-state index in [4.69, 9.17) is 0 Å². The van der Waals surface area contributed by atoms with E-state index in [1.54, 1.807) is 0 Å². The van der Waals surface area contributed by atoms with Gasteiger partial charge in [0.05, 0.1) is 16.6 Å². The third-order valence-electron chi connectivity index (χ3n) is 5.47. The van der Waals surface area contributed by atoms with E-state index in [0.29, 0.717) is 19.4 Å². The monoisotopic (exact) mass is 355 g/mol. The molecule has 0 bridgehead atoms. The first kappa shape index (κ1) is 17.4. The molecule has 3 aliphatic carbocycles. The fourth-order valence-corrected chi connectivity index (χ4v) is 5.39. The SMILES string of the molecule is C=NN(CC1(CO)CC1)C(=C)C(=O)NCC1(S(=O)(=O)C2CC2)CC1. The van der Waals surface area contributed by atoms with E-state index in [1.807, 2.05) is 0 Å². The maximum absolute atomic E-state index is 12.4. The molecule has 3 saturated carbocycles. The second-order valence-electron chi connectivity index (χ2n) is 7.41. The van der Waals surface area contributed by atoms with E-state index >= 15 is 0 Å². The van der Waals surface area contributed by atoms with E-state index < -0.39 is 20.5 Å². The van der Waals surface area contributed by atoms with Crippen LogP contribution >= 0.6 is 0 Å². The predicted octanol–water partition coefficient (Wildman–Crippen LogP) is 0.416. The van der Waals surface area contributed by atoms with Crippen molar-refractivity contribution < 1.29 is 18.3 Å². The second kappa shape index (κ2) is 5.84. The zero-order chi connectivity index (χ0) is 17.6. The highest BCUT2D eigenvalue weighted by Gasteiger charge is 2.59. The summed E-state index contributed by atoms with van der Waals surface area (Å²) in [5, 5.41) is 17.1.